The summed E-state index contributed by atoms with van der Waals surface area (Å²) in [6, 6.07) is 10.3. The van der Waals surface area contributed by atoms with E-state index in [0.717, 1.165) is 5.56 Å². The highest BCUT2D eigenvalue weighted by Crippen LogP contribution is 2.30. The maximum atomic E-state index is 12.4. The van der Waals surface area contributed by atoms with Crippen LogP contribution < -0.4 is 0 Å². The largest absolute Gasteiger partial charge is 0.288 e. The predicted molar refractivity (Wildman–Crippen MR) is 76.1 cm³/mol. The minimum atomic E-state index is -0.226. The number of halogens is 3. The summed E-state index contributed by atoms with van der Waals surface area (Å²) in [5.41, 5.74) is 1.64. The minimum Gasteiger partial charge on any atom is -0.288 e. The number of hydrogen-bond donors (Lipinski definition) is 0. The van der Waals surface area contributed by atoms with E-state index in [1.807, 2.05) is 13.0 Å². The lowest BCUT2D eigenvalue weighted by Gasteiger charge is -2.08. The zero-order chi connectivity index (χ0) is 13.3. The van der Waals surface area contributed by atoms with Gasteiger partial charge in [0.15, 0.2) is 5.78 Å². The second-order valence-corrected chi connectivity index (χ2v) is 5.03. The van der Waals surface area contributed by atoms with Crippen molar-refractivity contribution in [1.29, 1.82) is 0 Å². The molecule has 4 heteroatoms. The van der Waals surface area contributed by atoms with Crippen LogP contribution in [0.3, 0.4) is 0 Å². The first-order chi connectivity index (χ1) is 8.52. The molecule has 0 N–H and O–H groups in total. The van der Waals surface area contributed by atoms with Crippen LogP contribution in [0, 0.1) is 6.92 Å². The van der Waals surface area contributed by atoms with Crippen LogP contribution >= 0.6 is 34.8 Å². The van der Waals surface area contributed by atoms with Crippen LogP contribution in [0.25, 0.3) is 0 Å². The molecule has 0 aliphatic carbocycles. The third kappa shape index (κ3) is 2.39. The Labute approximate surface area is 120 Å². The van der Waals surface area contributed by atoms with Crippen LogP contribution in [-0.4, -0.2) is 5.78 Å². The number of hydrogen-bond acceptors (Lipinski definition) is 1. The number of aryl methyl sites for hydroxylation is 1. The van der Waals surface area contributed by atoms with E-state index < -0.39 is 0 Å². The molecule has 0 saturated heterocycles. The molecular weight excluding hydrogens is 291 g/mol. The van der Waals surface area contributed by atoms with Gasteiger partial charge in [-0.05, 0) is 30.7 Å². The molecule has 0 aliphatic heterocycles. The van der Waals surface area contributed by atoms with Crippen molar-refractivity contribution in [2.24, 2.45) is 0 Å². The lowest BCUT2D eigenvalue weighted by atomic mass is 10.0. The summed E-state index contributed by atoms with van der Waals surface area (Å²) < 4.78 is 0. The summed E-state index contributed by atoms with van der Waals surface area (Å²) >= 11 is 18.1. The number of rotatable bonds is 2. The monoisotopic (exact) mass is 298 g/mol. The molecule has 2 rings (SSSR count). The molecule has 0 amide bonds. The van der Waals surface area contributed by atoms with Gasteiger partial charge in [-0.1, -0.05) is 53.0 Å². The van der Waals surface area contributed by atoms with Crippen molar-refractivity contribution in [3.05, 3.63) is 68.2 Å². The summed E-state index contributed by atoms with van der Waals surface area (Å²) in [4.78, 5) is 12.4. The van der Waals surface area contributed by atoms with Gasteiger partial charge in [-0.15, -0.1) is 0 Å². The third-order valence-electron chi connectivity index (χ3n) is 2.63. The SMILES string of the molecule is Cc1cccc(C(=O)c2cccc(Cl)c2Cl)c1Cl. The van der Waals surface area contributed by atoms with E-state index in [9.17, 15) is 4.79 Å². The Morgan fingerprint density at radius 2 is 1.44 bits per heavy atom. The van der Waals surface area contributed by atoms with Crippen LogP contribution in [0.4, 0.5) is 0 Å². The fraction of sp³-hybridized carbons (Fsp3) is 0.0714. The van der Waals surface area contributed by atoms with Crippen molar-refractivity contribution >= 4 is 40.6 Å². The molecule has 0 bridgehead atoms. The Morgan fingerprint density at radius 3 is 2.11 bits per heavy atom. The first kappa shape index (κ1) is 13.4. The van der Waals surface area contributed by atoms with Gasteiger partial charge in [-0.3, -0.25) is 4.79 Å². The van der Waals surface area contributed by atoms with Gasteiger partial charge in [0.2, 0.25) is 0 Å². The normalized spacial score (nSPS) is 10.4. The average Bonchev–Trinajstić information content (AvgIpc) is 2.35. The lowest BCUT2D eigenvalue weighted by molar-refractivity contribution is 0.103. The Kier molecular flexibility index (Phi) is 3.96. The Hall–Kier alpha value is -1.02. The summed E-state index contributed by atoms with van der Waals surface area (Å²) in [5, 5.41) is 1.05. The Morgan fingerprint density at radius 1 is 0.889 bits per heavy atom. The van der Waals surface area contributed by atoms with E-state index in [4.69, 9.17) is 34.8 Å². The summed E-state index contributed by atoms with van der Waals surface area (Å²) in [5.74, 6) is -0.226. The molecule has 0 unspecified atom stereocenters. The number of carbonyl (C=O) groups excluding carboxylic acids is 1. The van der Waals surface area contributed by atoms with Gasteiger partial charge in [0, 0.05) is 11.1 Å². The van der Waals surface area contributed by atoms with E-state index in [0.29, 0.717) is 21.2 Å². The number of ketones is 1. The van der Waals surface area contributed by atoms with Crippen molar-refractivity contribution in [3.63, 3.8) is 0 Å². The molecule has 0 atom stereocenters. The van der Waals surface area contributed by atoms with Crippen molar-refractivity contribution in [3.8, 4) is 0 Å². The van der Waals surface area contributed by atoms with E-state index in [-0.39, 0.29) is 10.8 Å². The molecular formula is C14H9Cl3O. The molecule has 92 valence electrons. The van der Waals surface area contributed by atoms with Crippen LogP contribution in [0.1, 0.15) is 21.5 Å². The zero-order valence-corrected chi connectivity index (χ0v) is 11.8. The second kappa shape index (κ2) is 5.31. The van der Waals surface area contributed by atoms with Crippen molar-refractivity contribution in [2.45, 2.75) is 6.92 Å². The highest BCUT2D eigenvalue weighted by molar-refractivity contribution is 6.45. The Bertz CT molecular complexity index is 567. The molecule has 18 heavy (non-hydrogen) atoms. The topological polar surface area (TPSA) is 17.1 Å². The first-order valence-corrected chi connectivity index (χ1v) is 6.39. The minimum absolute atomic E-state index is 0.226. The molecule has 2 aromatic rings. The maximum Gasteiger partial charge on any atom is 0.196 e. The van der Waals surface area contributed by atoms with Crippen LogP contribution in [-0.2, 0) is 0 Å². The third-order valence-corrected chi connectivity index (χ3v) is 3.95. The molecule has 0 spiro atoms. The van der Waals surface area contributed by atoms with E-state index in [1.54, 1.807) is 30.3 Å². The van der Waals surface area contributed by atoms with Gasteiger partial charge in [-0.25, -0.2) is 0 Å². The summed E-state index contributed by atoms with van der Waals surface area (Å²) in [6.45, 7) is 1.85. The van der Waals surface area contributed by atoms with Gasteiger partial charge >= 0.3 is 0 Å². The molecule has 0 fully saturated rings. The fourth-order valence-electron chi connectivity index (χ4n) is 1.65. The van der Waals surface area contributed by atoms with Crippen molar-refractivity contribution < 1.29 is 4.79 Å². The summed E-state index contributed by atoms with van der Waals surface area (Å²) in [7, 11) is 0. The zero-order valence-electron chi connectivity index (χ0n) is 9.51. The van der Waals surface area contributed by atoms with Crippen molar-refractivity contribution in [1.82, 2.24) is 0 Å². The van der Waals surface area contributed by atoms with Gasteiger partial charge < -0.3 is 0 Å². The molecule has 0 heterocycles. The first-order valence-electron chi connectivity index (χ1n) is 5.26. The van der Waals surface area contributed by atoms with Gasteiger partial charge in [0.25, 0.3) is 0 Å². The van der Waals surface area contributed by atoms with Crippen LogP contribution in [0.5, 0.6) is 0 Å². The highest BCUT2D eigenvalue weighted by atomic mass is 35.5. The smallest absolute Gasteiger partial charge is 0.196 e. The maximum absolute atomic E-state index is 12.4. The number of carbonyl (C=O) groups is 1. The number of benzene rings is 2. The van der Waals surface area contributed by atoms with Gasteiger partial charge in [0.1, 0.15) is 0 Å². The predicted octanol–water partition coefficient (Wildman–Crippen LogP) is 5.19. The standard InChI is InChI=1S/C14H9Cl3O/c1-8-4-2-5-9(12(8)16)14(18)10-6-3-7-11(15)13(10)17/h2-7H,1H3. The Balaban J connectivity index is 2.55. The molecule has 0 aliphatic rings. The van der Waals surface area contributed by atoms with Crippen LogP contribution in [0.2, 0.25) is 15.1 Å². The average molecular weight is 300 g/mol. The molecule has 0 saturated carbocycles. The quantitative estimate of drug-likeness (QED) is 0.698. The van der Waals surface area contributed by atoms with Gasteiger partial charge in [-0.2, -0.15) is 0 Å². The van der Waals surface area contributed by atoms with E-state index >= 15 is 0 Å². The van der Waals surface area contributed by atoms with Crippen LogP contribution in [0.15, 0.2) is 36.4 Å². The van der Waals surface area contributed by atoms with E-state index in [2.05, 4.69) is 0 Å². The molecule has 0 aromatic heterocycles. The van der Waals surface area contributed by atoms with Crippen molar-refractivity contribution in [2.75, 3.05) is 0 Å². The molecule has 2 aromatic carbocycles. The van der Waals surface area contributed by atoms with E-state index in [1.165, 1.54) is 0 Å². The molecule has 1 nitrogen and oxygen atoms in total. The fourth-order valence-corrected chi connectivity index (χ4v) is 2.25. The highest BCUT2D eigenvalue weighted by Gasteiger charge is 2.17. The second-order valence-electron chi connectivity index (χ2n) is 3.87. The molecule has 0 radical (unpaired) electrons. The van der Waals surface area contributed by atoms with Gasteiger partial charge in [0.05, 0.1) is 15.1 Å². The lowest BCUT2D eigenvalue weighted by Crippen LogP contribution is -2.04. The summed E-state index contributed by atoms with van der Waals surface area (Å²) in [6.07, 6.45) is 0.